The van der Waals surface area contributed by atoms with Gasteiger partial charge >= 0.3 is 7.60 Å². The monoisotopic (exact) mass is 329 g/mol. The van der Waals surface area contributed by atoms with E-state index in [2.05, 4.69) is 0 Å². The Balaban J connectivity index is 2.91. The lowest BCUT2D eigenvalue weighted by molar-refractivity contribution is -0.145. The van der Waals surface area contributed by atoms with Gasteiger partial charge in [0.2, 0.25) is 11.8 Å². The van der Waals surface area contributed by atoms with Crippen molar-refractivity contribution in [2.24, 2.45) is 11.5 Å². The molecule has 0 radical (unpaired) electrons. The van der Waals surface area contributed by atoms with Crippen LogP contribution in [0, 0.1) is 0 Å². The summed E-state index contributed by atoms with van der Waals surface area (Å²) in [6, 6.07) is 6.69. The van der Waals surface area contributed by atoms with Gasteiger partial charge in [-0.15, -0.1) is 0 Å². The van der Waals surface area contributed by atoms with Gasteiger partial charge in [-0.2, -0.15) is 0 Å². The maximum absolute atomic E-state index is 12.3. The van der Waals surface area contributed by atoms with E-state index in [9.17, 15) is 14.2 Å². The summed E-state index contributed by atoms with van der Waals surface area (Å²) < 4.78 is 11.1. The van der Waals surface area contributed by atoms with E-state index < -0.39 is 37.8 Å². The third-order valence-electron chi connectivity index (χ3n) is 2.86. The normalized spacial score (nSPS) is 14.2. The average Bonchev–Trinajstić information content (AvgIpc) is 2.43. The Morgan fingerprint density at radius 2 is 1.73 bits per heavy atom. The van der Waals surface area contributed by atoms with Gasteiger partial charge in [-0.05, 0) is 18.9 Å². The van der Waals surface area contributed by atoms with Gasteiger partial charge in [0.05, 0.1) is 12.1 Å². The average molecular weight is 329 g/mol. The number of carbonyl (C=O) groups excluding carboxylic acids is 2. The molecule has 2 atom stereocenters. The number of nitrogens with zero attached hydrogens (tertiary/aromatic N) is 1. The van der Waals surface area contributed by atoms with Crippen LogP contribution in [-0.4, -0.2) is 44.9 Å². The second-order valence-corrected chi connectivity index (χ2v) is 6.61. The number of amides is 2. The van der Waals surface area contributed by atoms with Crippen molar-refractivity contribution in [3.8, 4) is 0 Å². The van der Waals surface area contributed by atoms with Crippen molar-refractivity contribution in [1.29, 1.82) is 0 Å². The fourth-order valence-corrected chi connectivity index (χ4v) is 2.48. The van der Waals surface area contributed by atoms with Gasteiger partial charge in [-0.1, -0.05) is 30.3 Å². The van der Waals surface area contributed by atoms with Crippen LogP contribution >= 0.6 is 7.60 Å². The molecule has 0 spiro atoms. The van der Waals surface area contributed by atoms with Crippen LogP contribution in [-0.2, 0) is 20.6 Å². The van der Waals surface area contributed by atoms with Gasteiger partial charge < -0.3 is 21.3 Å². The van der Waals surface area contributed by atoms with Crippen LogP contribution in [0.4, 0.5) is 0 Å². The second-order valence-electron chi connectivity index (χ2n) is 5.00. The fourth-order valence-electron chi connectivity index (χ4n) is 1.83. The quantitative estimate of drug-likeness (QED) is 0.509. The van der Waals surface area contributed by atoms with E-state index in [0.29, 0.717) is 4.90 Å². The number of benzene rings is 1. The van der Waals surface area contributed by atoms with Crippen LogP contribution < -0.4 is 11.5 Å². The van der Waals surface area contributed by atoms with Gasteiger partial charge in [0, 0.05) is 0 Å². The zero-order valence-electron chi connectivity index (χ0n) is 12.1. The Bertz CT molecular complexity index is 572. The van der Waals surface area contributed by atoms with Crippen molar-refractivity contribution in [2.45, 2.75) is 25.4 Å². The Morgan fingerprint density at radius 1 is 1.18 bits per heavy atom. The van der Waals surface area contributed by atoms with Gasteiger partial charge in [-0.3, -0.25) is 19.1 Å². The maximum Gasteiger partial charge on any atom is 0.345 e. The maximum atomic E-state index is 12.3. The molecule has 6 N–H and O–H groups in total. The topological polar surface area (TPSA) is 147 Å². The Labute approximate surface area is 128 Å². The molecule has 0 aliphatic rings. The van der Waals surface area contributed by atoms with E-state index in [1.54, 1.807) is 30.3 Å². The molecule has 0 unspecified atom stereocenters. The molecule has 22 heavy (non-hydrogen) atoms. The molecule has 1 aromatic carbocycles. The minimum Gasteiger partial charge on any atom is -0.323 e. The summed E-state index contributed by atoms with van der Waals surface area (Å²) in [7, 11) is -4.62. The number of imide groups is 1. The predicted molar refractivity (Wildman–Crippen MR) is 80.5 cm³/mol. The van der Waals surface area contributed by atoms with Crippen LogP contribution in [0.1, 0.15) is 12.5 Å². The molecule has 8 nitrogen and oxygen atoms in total. The lowest BCUT2D eigenvalue weighted by atomic mass is 10.1. The van der Waals surface area contributed by atoms with Crippen molar-refractivity contribution >= 4 is 19.4 Å². The molecule has 0 bridgehead atoms. The first-order valence-corrected chi connectivity index (χ1v) is 8.36. The standard InChI is InChI=1S/C13H20N3O5P/c1-9(14)12(17)16(8-22(19,20)21)13(18)11(15)7-10-5-3-2-4-6-10/h2-6,9,11H,7-8,14-15H2,1H3,(H2,19,20,21)/t9-,11-/m0/s1. The van der Waals surface area contributed by atoms with Crippen LogP contribution in [0.3, 0.4) is 0 Å². The van der Waals surface area contributed by atoms with Gasteiger partial charge in [0.15, 0.2) is 0 Å². The van der Waals surface area contributed by atoms with E-state index in [-0.39, 0.29) is 6.42 Å². The first-order chi connectivity index (χ1) is 10.1. The van der Waals surface area contributed by atoms with Crippen molar-refractivity contribution < 1.29 is 23.9 Å². The summed E-state index contributed by atoms with van der Waals surface area (Å²) in [4.78, 5) is 42.6. The highest BCUT2D eigenvalue weighted by Gasteiger charge is 2.33. The molecule has 1 rings (SSSR count). The number of carbonyl (C=O) groups is 2. The van der Waals surface area contributed by atoms with Crippen LogP contribution in [0.25, 0.3) is 0 Å². The van der Waals surface area contributed by atoms with Crippen LogP contribution in [0.5, 0.6) is 0 Å². The third kappa shape index (κ3) is 5.67. The Hall–Kier alpha value is -1.57. The van der Waals surface area contributed by atoms with Crippen molar-refractivity contribution in [3.05, 3.63) is 35.9 Å². The Kier molecular flexibility index (Phi) is 6.40. The minimum absolute atomic E-state index is 0.142. The summed E-state index contributed by atoms with van der Waals surface area (Å²) in [6.07, 6.45) is -0.891. The first-order valence-electron chi connectivity index (χ1n) is 6.56. The van der Waals surface area contributed by atoms with E-state index in [1.165, 1.54) is 6.92 Å². The van der Waals surface area contributed by atoms with Crippen molar-refractivity contribution in [1.82, 2.24) is 4.90 Å². The zero-order chi connectivity index (χ0) is 16.9. The van der Waals surface area contributed by atoms with E-state index in [0.717, 1.165) is 5.56 Å². The number of hydrogen-bond acceptors (Lipinski definition) is 5. The molecule has 0 aliphatic carbocycles. The van der Waals surface area contributed by atoms with E-state index in [4.69, 9.17) is 21.3 Å². The molecular weight excluding hydrogens is 309 g/mol. The highest BCUT2D eigenvalue weighted by atomic mass is 31.2. The summed E-state index contributed by atoms with van der Waals surface area (Å²) in [5.41, 5.74) is 11.9. The van der Waals surface area contributed by atoms with Gasteiger partial charge in [0.1, 0.15) is 6.29 Å². The van der Waals surface area contributed by atoms with Crippen LogP contribution in [0.2, 0.25) is 0 Å². The molecular formula is C13H20N3O5P. The summed E-state index contributed by atoms with van der Waals surface area (Å²) in [6.45, 7) is 1.32. The zero-order valence-corrected chi connectivity index (χ0v) is 13.0. The lowest BCUT2D eigenvalue weighted by Crippen LogP contribution is -2.52. The van der Waals surface area contributed by atoms with Crippen LogP contribution in [0.15, 0.2) is 30.3 Å². The van der Waals surface area contributed by atoms with E-state index in [1.807, 2.05) is 0 Å². The fraction of sp³-hybridized carbons (Fsp3) is 0.385. The molecule has 9 heteroatoms. The molecule has 2 amide bonds. The van der Waals surface area contributed by atoms with Gasteiger partial charge in [0.25, 0.3) is 0 Å². The lowest BCUT2D eigenvalue weighted by Gasteiger charge is -2.25. The minimum atomic E-state index is -4.62. The van der Waals surface area contributed by atoms with Crippen molar-refractivity contribution in [2.75, 3.05) is 6.29 Å². The number of rotatable bonds is 6. The highest BCUT2D eigenvalue weighted by molar-refractivity contribution is 7.51. The first kappa shape index (κ1) is 18.5. The molecule has 0 fully saturated rings. The molecule has 0 aromatic heterocycles. The van der Waals surface area contributed by atoms with E-state index >= 15 is 0 Å². The smallest absolute Gasteiger partial charge is 0.323 e. The third-order valence-corrected chi connectivity index (χ3v) is 3.51. The number of hydrogen-bond donors (Lipinski definition) is 4. The number of nitrogens with two attached hydrogens (primary N) is 2. The molecule has 122 valence electrons. The molecule has 0 heterocycles. The molecule has 1 aromatic rings. The second kappa shape index (κ2) is 7.62. The summed E-state index contributed by atoms with van der Waals surface area (Å²) in [5, 5.41) is 0. The molecule has 0 saturated heterocycles. The molecule has 0 aliphatic heterocycles. The summed E-state index contributed by atoms with van der Waals surface area (Å²) >= 11 is 0. The van der Waals surface area contributed by atoms with Gasteiger partial charge in [-0.25, -0.2) is 0 Å². The largest absolute Gasteiger partial charge is 0.345 e. The molecule has 0 saturated carbocycles. The highest BCUT2D eigenvalue weighted by Crippen LogP contribution is 2.35. The predicted octanol–water partition coefficient (Wildman–Crippen LogP) is -0.606. The SMILES string of the molecule is C[C@H](N)C(=O)N(CP(=O)(O)O)C(=O)[C@@H](N)Cc1ccccc1. The van der Waals surface area contributed by atoms with Crippen molar-refractivity contribution in [3.63, 3.8) is 0 Å². The Morgan fingerprint density at radius 3 is 2.18 bits per heavy atom. The summed E-state index contributed by atoms with van der Waals surface area (Å²) in [5.74, 6) is -1.74.